The number of rotatable bonds is 6. The summed E-state index contributed by atoms with van der Waals surface area (Å²) in [5, 5.41) is 16.9. The van der Waals surface area contributed by atoms with Crippen LogP contribution in [0.1, 0.15) is 31.6 Å². The molecular weight excluding hydrogens is 455 g/mol. The zero-order chi connectivity index (χ0) is 18.2. The largest absolute Gasteiger partial charge is 0.467 e. The standard InChI is InChI=1S/C20H28N4O2.HI/c1-2-21-20(22-14-18(25)19-11-7-13-26-19)23-16-8-6-12-24(15-16)17-9-4-3-5-10-17;/h3-5,7,9-11,13,16,18,25H,2,6,8,12,14-15H2,1H3,(H2,21,22,23);1H. The molecule has 0 amide bonds. The van der Waals surface area contributed by atoms with Gasteiger partial charge in [0, 0.05) is 31.4 Å². The number of hydrogen-bond donors (Lipinski definition) is 3. The van der Waals surface area contributed by atoms with E-state index in [0.717, 1.165) is 38.4 Å². The molecule has 2 atom stereocenters. The van der Waals surface area contributed by atoms with Crippen LogP contribution in [0.3, 0.4) is 0 Å². The van der Waals surface area contributed by atoms with E-state index in [-0.39, 0.29) is 30.5 Å². The molecule has 0 saturated carbocycles. The number of aliphatic imine (C=N–C) groups is 1. The predicted octanol–water partition coefficient (Wildman–Crippen LogP) is 3.16. The molecule has 7 heteroatoms. The van der Waals surface area contributed by atoms with E-state index in [1.165, 1.54) is 5.69 Å². The van der Waals surface area contributed by atoms with Crippen LogP contribution in [0.5, 0.6) is 0 Å². The molecule has 0 radical (unpaired) electrons. The average molecular weight is 484 g/mol. The molecule has 3 N–H and O–H groups in total. The molecule has 0 spiro atoms. The zero-order valence-electron chi connectivity index (χ0n) is 15.7. The Kier molecular flexibility index (Phi) is 8.93. The Morgan fingerprint density at radius 3 is 2.81 bits per heavy atom. The summed E-state index contributed by atoms with van der Waals surface area (Å²) in [6.45, 7) is 5.09. The smallest absolute Gasteiger partial charge is 0.191 e. The Bertz CT molecular complexity index is 679. The number of nitrogens with zero attached hydrogens (tertiary/aromatic N) is 2. The molecule has 1 aromatic carbocycles. The minimum Gasteiger partial charge on any atom is -0.467 e. The third-order valence-corrected chi connectivity index (χ3v) is 4.52. The summed E-state index contributed by atoms with van der Waals surface area (Å²) in [6, 6.07) is 14.4. The number of piperidine rings is 1. The SMILES string of the molecule is CCNC(=NCC(O)c1ccco1)NC1CCCN(c2ccccc2)C1.I. The molecule has 2 unspecified atom stereocenters. The molecule has 0 aliphatic carbocycles. The van der Waals surface area contributed by atoms with E-state index in [0.29, 0.717) is 11.8 Å². The van der Waals surface area contributed by atoms with Gasteiger partial charge in [-0.3, -0.25) is 4.99 Å². The molecular formula is C20H29IN4O2. The summed E-state index contributed by atoms with van der Waals surface area (Å²) in [4.78, 5) is 6.93. The lowest BCUT2D eigenvalue weighted by Crippen LogP contribution is -2.51. The third-order valence-electron chi connectivity index (χ3n) is 4.52. The normalized spacial score (nSPS) is 18.5. The second-order valence-electron chi connectivity index (χ2n) is 6.52. The number of hydrogen-bond acceptors (Lipinski definition) is 4. The van der Waals surface area contributed by atoms with Crippen LogP contribution in [0.4, 0.5) is 5.69 Å². The van der Waals surface area contributed by atoms with Crippen molar-refractivity contribution in [3.8, 4) is 0 Å². The monoisotopic (exact) mass is 484 g/mol. The van der Waals surface area contributed by atoms with Gasteiger partial charge in [0.25, 0.3) is 0 Å². The number of nitrogens with one attached hydrogen (secondary N) is 2. The van der Waals surface area contributed by atoms with Crippen molar-refractivity contribution in [3.63, 3.8) is 0 Å². The summed E-state index contributed by atoms with van der Waals surface area (Å²) in [7, 11) is 0. The van der Waals surface area contributed by atoms with Crippen LogP contribution in [0, 0.1) is 0 Å². The van der Waals surface area contributed by atoms with Crippen molar-refractivity contribution in [2.75, 3.05) is 31.1 Å². The van der Waals surface area contributed by atoms with Crippen molar-refractivity contribution >= 4 is 35.6 Å². The van der Waals surface area contributed by atoms with Gasteiger partial charge in [0.1, 0.15) is 11.9 Å². The van der Waals surface area contributed by atoms with Gasteiger partial charge in [-0.15, -0.1) is 24.0 Å². The van der Waals surface area contributed by atoms with Gasteiger partial charge in [-0.25, -0.2) is 0 Å². The highest BCUT2D eigenvalue weighted by atomic mass is 127. The molecule has 2 aromatic rings. The van der Waals surface area contributed by atoms with Gasteiger partial charge in [-0.2, -0.15) is 0 Å². The fourth-order valence-electron chi connectivity index (χ4n) is 3.23. The highest BCUT2D eigenvalue weighted by molar-refractivity contribution is 14.0. The molecule has 1 saturated heterocycles. The van der Waals surface area contributed by atoms with Crippen LogP contribution in [-0.2, 0) is 0 Å². The highest BCUT2D eigenvalue weighted by Crippen LogP contribution is 2.19. The highest BCUT2D eigenvalue weighted by Gasteiger charge is 2.21. The second kappa shape index (κ2) is 11.2. The van der Waals surface area contributed by atoms with Crippen molar-refractivity contribution < 1.29 is 9.52 Å². The lowest BCUT2D eigenvalue weighted by molar-refractivity contribution is 0.158. The Labute approximate surface area is 178 Å². The van der Waals surface area contributed by atoms with E-state index in [1.54, 1.807) is 18.4 Å². The molecule has 1 aliphatic heterocycles. The summed E-state index contributed by atoms with van der Waals surface area (Å²) in [6.07, 6.45) is 3.08. The minimum absolute atomic E-state index is 0. The summed E-state index contributed by atoms with van der Waals surface area (Å²) < 4.78 is 5.23. The van der Waals surface area contributed by atoms with Crippen LogP contribution >= 0.6 is 24.0 Å². The van der Waals surface area contributed by atoms with Crippen molar-refractivity contribution in [3.05, 3.63) is 54.5 Å². The van der Waals surface area contributed by atoms with E-state index in [1.807, 2.05) is 13.0 Å². The fourth-order valence-corrected chi connectivity index (χ4v) is 3.23. The zero-order valence-corrected chi connectivity index (χ0v) is 18.0. The van der Waals surface area contributed by atoms with Crippen LogP contribution in [0.15, 0.2) is 58.1 Å². The summed E-state index contributed by atoms with van der Waals surface area (Å²) >= 11 is 0. The van der Waals surface area contributed by atoms with Gasteiger partial charge in [0.05, 0.1) is 12.8 Å². The first-order valence-corrected chi connectivity index (χ1v) is 9.32. The van der Waals surface area contributed by atoms with Crippen molar-refractivity contribution in [2.24, 2.45) is 4.99 Å². The molecule has 1 fully saturated rings. The lowest BCUT2D eigenvalue weighted by atomic mass is 10.1. The Morgan fingerprint density at radius 1 is 1.30 bits per heavy atom. The lowest BCUT2D eigenvalue weighted by Gasteiger charge is -2.35. The molecule has 27 heavy (non-hydrogen) atoms. The molecule has 148 valence electrons. The Hall–Kier alpha value is -1.74. The molecule has 2 heterocycles. The van der Waals surface area contributed by atoms with E-state index in [4.69, 9.17) is 4.42 Å². The molecule has 6 nitrogen and oxygen atoms in total. The maximum absolute atomic E-state index is 10.2. The van der Waals surface area contributed by atoms with Gasteiger partial charge in [0.2, 0.25) is 0 Å². The van der Waals surface area contributed by atoms with E-state index >= 15 is 0 Å². The molecule has 1 aromatic heterocycles. The van der Waals surface area contributed by atoms with Gasteiger partial charge in [0.15, 0.2) is 5.96 Å². The van der Waals surface area contributed by atoms with Crippen LogP contribution in [-0.4, -0.2) is 43.3 Å². The van der Waals surface area contributed by atoms with Gasteiger partial charge < -0.3 is 25.1 Å². The van der Waals surface area contributed by atoms with Crippen LogP contribution in [0.25, 0.3) is 0 Å². The predicted molar refractivity (Wildman–Crippen MR) is 120 cm³/mol. The van der Waals surface area contributed by atoms with Gasteiger partial charge in [-0.05, 0) is 44.0 Å². The quantitative estimate of drug-likeness (QED) is 0.334. The maximum atomic E-state index is 10.2. The number of anilines is 1. The number of guanidine groups is 1. The van der Waals surface area contributed by atoms with E-state index in [2.05, 4.69) is 44.8 Å². The van der Waals surface area contributed by atoms with Crippen molar-refractivity contribution in [2.45, 2.75) is 31.9 Å². The second-order valence-corrected chi connectivity index (χ2v) is 6.52. The van der Waals surface area contributed by atoms with Crippen LogP contribution in [0.2, 0.25) is 0 Å². The number of aliphatic hydroxyl groups excluding tert-OH is 1. The first-order valence-electron chi connectivity index (χ1n) is 9.32. The van der Waals surface area contributed by atoms with Crippen molar-refractivity contribution in [1.29, 1.82) is 0 Å². The first-order chi connectivity index (χ1) is 12.8. The molecule has 0 bridgehead atoms. The first kappa shape index (κ1) is 21.6. The maximum Gasteiger partial charge on any atom is 0.191 e. The number of benzene rings is 1. The Balaban J connectivity index is 0.00000261. The van der Waals surface area contributed by atoms with Gasteiger partial charge in [-0.1, -0.05) is 18.2 Å². The Morgan fingerprint density at radius 2 is 2.11 bits per heavy atom. The summed E-state index contributed by atoms with van der Waals surface area (Å²) in [5.74, 6) is 1.27. The summed E-state index contributed by atoms with van der Waals surface area (Å²) in [5.41, 5.74) is 1.26. The fraction of sp³-hybridized carbons (Fsp3) is 0.450. The minimum atomic E-state index is -0.729. The number of furan rings is 1. The van der Waals surface area contributed by atoms with Crippen molar-refractivity contribution in [1.82, 2.24) is 10.6 Å². The number of aliphatic hydroxyl groups is 1. The number of halogens is 1. The van der Waals surface area contributed by atoms with E-state index < -0.39 is 6.10 Å². The topological polar surface area (TPSA) is 73.0 Å². The molecule has 3 rings (SSSR count). The van der Waals surface area contributed by atoms with Crippen LogP contribution < -0.4 is 15.5 Å². The number of para-hydroxylation sites is 1. The third kappa shape index (κ3) is 6.42. The van der Waals surface area contributed by atoms with E-state index in [9.17, 15) is 5.11 Å². The molecule has 1 aliphatic rings. The average Bonchev–Trinajstić information content (AvgIpc) is 3.22. The van der Waals surface area contributed by atoms with Gasteiger partial charge >= 0.3 is 0 Å².